The van der Waals surface area contributed by atoms with Crippen LogP contribution in [0, 0.1) is 11.2 Å². The number of ether oxygens (including phenoxy) is 1. The predicted octanol–water partition coefficient (Wildman–Crippen LogP) is 2.61. The van der Waals surface area contributed by atoms with E-state index in [1.165, 1.54) is 18.2 Å². The maximum Gasteiger partial charge on any atom is 0.230 e. The van der Waals surface area contributed by atoms with E-state index in [9.17, 15) is 14.0 Å². The lowest BCUT2D eigenvalue weighted by Crippen LogP contribution is -2.73. The minimum atomic E-state index is -0.607. The molecule has 7 heteroatoms. The van der Waals surface area contributed by atoms with Crippen molar-refractivity contribution in [2.75, 3.05) is 43.5 Å². The van der Waals surface area contributed by atoms with Crippen molar-refractivity contribution in [1.29, 1.82) is 0 Å². The van der Waals surface area contributed by atoms with Crippen molar-refractivity contribution in [3.8, 4) is 5.75 Å². The van der Waals surface area contributed by atoms with Crippen LogP contribution >= 0.6 is 0 Å². The second kappa shape index (κ2) is 6.47. The molecule has 1 N–H and O–H groups in total. The van der Waals surface area contributed by atoms with E-state index >= 15 is 0 Å². The Morgan fingerprint density at radius 2 is 1.86 bits per heavy atom. The Hall–Kier alpha value is -3.09. The molecule has 3 aliphatic rings. The molecule has 1 unspecified atom stereocenters. The first-order valence-electron chi connectivity index (χ1n) is 9.73. The Labute approximate surface area is 168 Å². The summed E-state index contributed by atoms with van der Waals surface area (Å²) >= 11 is 0. The van der Waals surface area contributed by atoms with Gasteiger partial charge in [-0.15, -0.1) is 0 Å². The van der Waals surface area contributed by atoms with Crippen molar-refractivity contribution in [2.24, 2.45) is 5.41 Å². The highest BCUT2D eigenvalue weighted by Gasteiger charge is 2.54. The molecule has 3 heterocycles. The first-order valence-corrected chi connectivity index (χ1v) is 9.73. The summed E-state index contributed by atoms with van der Waals surface area (Å²) in [6.45, 7) is 3.17. The van der Waals surface area contributed by atoms with Gasteiger partial charge in [0.1, 0.15) is 11.6 Å². The number of nitrogens with one attached hydrogen (secondary N) is 1. The fourth-order valence-electron chi connectivity index (χ4n) is 4.73. The molecule has 29 heavy (non-hydrogen) atoms. The molecule has 0 aromatic heterocycles. The number of hydrogen-bond acceptors (Lipinski definition) is 4. The van der Waals surface area contributed by atoms with Crippen molar-refractivity contribution < 1.29 is 18.7 Å². The molecule has 1 spiro atoms. The quantitative estimate of drug-likeness (QED) is 0.868. The first-order chi connectivity index (χ1) is 14.0. The molecule has 0 saturated carbocycles. The van der Waals surface area contributed by atoms with E-state index in [2.05, 4.69) is 10.2 Å². The van der Waals surface area contributed by atoms with E-state index in [0.29, 0.717) is 24.3 Å². The lowest BCUT2D eigenvalue weighted by Gasteiger charge is -2.61. The van der Waals surface area contributed by atoms with Gasteiger partial charge in [-0.25, -0.2) is 4.39 Å². The van der Waals surface area contributed by atoms with Gasteiger partial charge < -0.3 is 19.9 Å². The fraction of sp³-hybridized carbons (Fsp3) is 0.364. The lowest BCUT2D eigenvalue weighted by molar-refractivity contribution is -0.148. The average Bonchev–Trinajstić information content (AvgIpc) is 2.66. The number of nitrogens with zero attached hydrogens (tertiary/aromatic N) is 2. The molecular weight excluding hydrogens is 373 g/mol. The predicted molar refractivity (Wildman–Crippen MR) is 107 cm³/mol. The summed E-state index contributed by atoms with van der Waals surface area (Å²) in [6, 6.07) is 12.2. The van der Waals surface area contributed by atoms with E-state index in [0.717, 1.165) is 24.5 Å². The van der Waals surface area contributed by atoms with Crippen LogP contribution < -0.4 is 15.0 Å². The number of rotatable bonds is 3. The maximum absolute atomic E-state index is 13.7. The van der Waals surface area contributed by atoms with Crippen molar-refractivity contribution >= 4 is 23.2 Å². The van der Waals surface area contributed by atoms with E-state index in [1.54, 1.807) is 7.11 Å². The number of hydrogen-bond donors (Lipinski definition) is 1. The van der Waals surface area contributed by atoms with Crippen molar-refractivity contribution in [3.63, 3.8) is 0 Å². The molecule has 2 saturated heterocycles. The van der Waals surface area contributed by atoms with Crippen LogP contribution in [0.5, 0.6) is 5.75 Å². The Kier molecular flexibility index (Phi) is 4.01. The zero-order valence-corrected chi connectivity index (χ0v) is 16.2. The third-order valence-corrected chi connectivity index (χ3v) is 6.21. The number of benzene rings is 2. The number of carbonyl (C=O) groups excluding carboxylic acids is 2. The average molecular weight is 395 g/mol. The summed E-state index contributed by atoms with van der Waals surface area (Å²) in [5.41, 5.74) is 2.38. The summed E-state index contributed by atoms with van der Waals surface area (Å²) in [5.74, 6) is -0.457. The number of anilines is 2. The summed E-state index contributed by atoms with van der Waals surface area (Å²) in [7, 11) is 1.65. The zero-order valence-electron chi connectivity index (χ0n) is 16.2. The van der Waals surface area contributed by atoms with Crippen LogP contribution in [-0.4, -0.2) is 50.0 Å². The highest BCUT2D eigenvalue weighted by atomic mass is 19.1. The van der Waals surface area contributed by atoms with Crippen LogP contribution in [0.25, 0.3) is 0 Å². The van der Waals surface area contributed by atoms with Gasteiger partial charge in [0.15, 0.2) is 0 Å². The van der Waals surface area contributed by atoms with Crippen LogP contribution in [0.2, 0.25) is 0 Å². The minimum absolute atomic E-state index is 0.0662. The summed E-state index contributed by atoms with van der Waals surface area (Å²) < 4.78 is 18.9. The number of amides is 2. The topological polar surface area (TPSA) is 61.9 Å². The number of methoxy groups -OCH3 is 1. The first kappa shape index (κ1) is 18.0. The van der Waals surface area contributed by atoms with E-state index in [1.807, 2.05) is 29.2 Å². The van der Waals surface area contributed by atoms with Gasteiger partial charge in [0, 0.05) is 49.4 Å². The standard InChI is InChI=1S/C22H22FN3O3/c1-29-16-5-3-15(4-6-16)25-10-22(11-25)12-26(13-22)21(28)18-9-20(27)24-19-7-2-14(23)8-17(18)19/h2-8,18H,9-13H2,1H3,(H,24,27). The van der Waals surface area contributed by atoms with Gasteiger partial charge in [-0.3, -0.25) is 9.59 Å². The smallest absolute Gasteiger partial charge is 0.230 e. The monoisotopic (exact) mass is 395 g/mol. The summed E-state index contributed by atoms with van der Waals surface area (Å²) in [4.78, 5) is 29.1. The Morgan fingerprint density at radius 1 is 1.14 bits per heavy atom. The molecule has 2 aromatic rings. The number of halogens is 1. The Bertz CT molecular complexity index is 977. The summed E-state index contributed by atoms with van der Waals surface area (Å²) in [5, 5.41) is 2.73. The number of likely N-dealkylation sites (tertiary alicyclic amines) is 1. The van der Waals surface area contributed by atoms with Crippen molar-refractivity contribution in [2.45, 2.75) is 12.3 Å². The van der Waals surface area contributed by atoms with E-state index < -0.39 is 11.7 Å². The third-order valence-electron chi connectivity index (χ3n) is 6.21. The number of fused-ring (bicyclic) bond motifs is 1. The highest BCUT2D eigenvalue weighted by Crippen LogP contribution is 2.44. The van der Waals surface area contributed by atoms with Crippen LogP contribution in [0.3, 0.4) is 0 Å². The molecule has 0 bridgehead atoms. The normalized spacial score (nSPS) is 21.7. The number of carbonyl (C=O) groups is 2. The Balaban J connectivity index is 1.23. The maximum atomic E-state index is 13.7. The van der Waals surface area contributed by atoms with Crippen LogP contribution in [0.15, 0.2) is 42.5 Å². The Morgan fingerprint density at radius 3 is 2.55 bits per heavy atom. The van der Waals surface area contributed by atoms with Gasteiger partial charge in [-0.1, -0.05) is 0 Å². The molecule has 3 aliphatic heterocycles. The largest absolute Gasteiger partial charge is 0.497 e. The van der Waals surface area contributed by atoms with Gasteiger partial charge >= 0.3 is 0 Å². The second-order valence-corrected chi connectivity index (χ2v) is 8.28. The molecule has 2 amide bonds. The van der Waals surface area contributed by atoms with Crippen LogP contribution in [0.1, 0.15) is 17.9 Å². The zero-order chi connectivity index (χ0) is 20.2. The van der Waals surface area contributed by atoms with Gasteiger partial charge in [-0.2, -0.15) is 0 Å². The third kappa shape index (κ3) is 3.01. The summed E-state index contributed by atoms with van der Waals surface area (Å²) in [6.07, 6.45) is 0.0662. The van der Waals surface area contributed by atoms with Crippen LogP contribution in [0.4, 0.5) is 15.8 Å². The van der Waals surface area contributed by atoms with Gasteiger partial charge in [0.05, 0.1) is 13.0 Å². The molecule has 0 radical (unpaired) electrons. The molecule has 150 valence electrons. The fourth-order valence-corrected chi connectivity index (χ4v) is 4.73. The van der Waals surface area contributed by atoms with Gasteiger partial charge in [0.25, 0.3) is 0 Å². The minimum Gasteiger partial charge on any atom is -0.497 e. The molecular formula is C22H22FN3O3. The van der Waals surface area contributed by atoms with Crippen molar-refractivity contribution in [3.05, 3.63) is 53.8 Å². The SMILES string of the molecule is COc1ccc(N2CC3(CN(C(=O)C4CC(=O)Nc5ccc(F)cc54)C3)C2)cc1. The molecule has 0 aliphatic carbocycles. The highest BCUT2D eigenvalue weighted by molar-refractivity contribution is 6.01. The molecule has 2 aromatic carbocycles. The van der Waals surface area contributed by atoms with E-state index in [-0.39, 0.29) is 23.7 Å². The second-order valence-electron chi connectivity index (χ2n) is 8.28. The van der Waals surface area contributed by atoms with Gasteiger partial charge in [-0.05, 0) is 48.0 Å². The molecule has 2 fully saturated rings. The molecule has 5 rings (SSSR count). The van der Waals surface area contributed by atoms with E-state index in [4.69, 9.17) is 4.74 Å². The lowest BCUT2D eigenvalue weighted by atomic mass is 9.71. The molecule has 6 nitrogen and oxygen atoms in total. The van der Waals surface area contributed by atoms with Crippen molar-refractivity contribution in [1.82, 2.24) is 4.90 Å². The molecule has 1 atom stereocenters. The van der Waals surface area contributed by atoms with Crippen LogP contribution in [-0.2, 0) is 9.59 Å². The van der Waals surface area contributed by atoms with Gasteiger partial charge in [0.2, 0.25) is 11.8 Å².